The number of ether oxygens (including phenoxy) is 2. The van der Waals surface area contributed by atoms with Crippen molar-refractivity contribution < 1.29 is 24.5 Å². The van der Waals surface area contributed by atoms with E-state index < -0.39 is 5.60 Å². The second-order valence-corrected chi connectivity index (χ2v) is 7.62. The van der Waals surface area contributed by atoms with Gasteiger partial charge in [0.25, 0.3) is 0 Å². The summed E-state index contributed by atoms with van der Waals surface area (Å²) in [5.41, 5.74) is 0.571. The van der Waals surface area contributed by atoms with Crippen LogP contribution in [-0.2, 0) is 15.1 Å². The van der Waals surface area contributed by atoms with Gasteiger partial charge in [0.15, 0.2) is 5.60 Å². The molecule has 0 unspecified atom stereocenters. The van der Waals surface area contributed by atoms with Crippen LogP contribution in [0.3, 0.4) is 0 Å². The summed E-state index contributed by atoms with van der Waals surface area (Å²) in [7, 11) is 0. The number of phenols is 2. The lowest BCUT2D eigenvalue weighted by Crippen LogP contribution is -2.40. The van der Waals surface area contributed by atoms with Crippen LogP contribution < -0.4 is 4.74 Å². The fourth-order valence-corrected chi connectivity index (χ4v) is 5.53. The SMILES string of the molecule is O=C1OC2(c3ccc(O)cc3Oc3cc(O)ccc32)[C@@H]2[C@@H]1[C@H]1C=C[C@H]2C1. The van der Waals surface area contributed by atoms with Gasteiger partial charge >= 0.3 is 5.97 Å². The van der Waals surface area contributed by atoms with E-state index >= 15 is 0 Å². The van der Waals surface area contributed by atoms with Gasteiger partial charge in [-0.1, -0.05) is 12.2 Å². The number of aromatic hydroxyl groups is 2. The third kappa shape index (κ3) is 1.50. The molecule has 2 N–H and O–H groups in total. The maximum absolute atomic E-state index is 12.9. The second kappa shape index (κ2) is 4.41. The maximum atomic E-state index is 12.9. The Morgan fingerprint density at radius 1 is 0.923 bits per heavy atom. The van der Waals surface area contributed by atoms with Crippen LogP contribution in [0.15, 0.2) is 48.6 Å². The molecule has 2 bridgehead atoms. The van der Waals surface area contributed by atoms with Crippen LogP contribution in [0.4, 0.5) is 0 Å². The molecule has 130 valence electrons. The number of benzene rings is 2. The quantitative estimate of drug-likeness (QED) is 0.563. The number of esters is 1. The highest BCUT2D eigenvalue weighted by atomic mass is 16.6. The number of carbonyl (C=O) groups excluding carboxylic acids is 1. The number of allylic oxidation sites excluding steroid dienone is 2. The topological polar surface area (TPSA) is 76.0 Å². The van der Waals surface area contributed by atoms with Crippen molar-refractivity contribution in [2.75, 3.05) is 0 Å². The van der Waals surface area contributed by atoms with E-state index in [0.29, 0.717) is 11.5 Å². The normalized spacial score (nSPS) is 31.3. The zero-order valence-electron chi connectivity index (χ0n) is 13.8. The van der Waals surface area contributed by atoms with Crippen LogP contribution in [0.2, 0.25) is 0 Å². The van der Waals surface area contributed by atoms with Crippen LogP contribution in [0.1, 0.15) is 17.5 Å². The summed E-state index contributed by atoms with van der Waals surface area (Å²) in [5, 5.41) is 19.8. The van der Waals surface area contributed by atoms with Gasteiger partial charge in [0.2, 0.25) is 0 Å². The summed E-state index contributed by atoms with van der Waals surface area (Å²) in [6, 6.07) is 9.83. The number of fused-ring (bicyclic) bond motifs is 10. The lowest BCUT2D eigenvalue weighted by Gasteiger charge is -2.41. The van der Waals surface area contributed by atoms with E-state index in [2.05, 4.69) is 12.2 Å². The van der Waals surface area contributed by atoms with Crippen molar-refractivity contribution >= 4 is 5.97 Å². The van der Waals surface area contributed by atoms with E-state index in [1.807, 2.05) is 0 Å². The Morgan fingerprint density at radius 2 is 1.54 bits per heavy atom. The van der Waals surface area contributed by atoms with Crippen LogP contribution in [-0.4, -0.2) is 16.2 Å². The molecule has 2 aromatic carbocycles. The Hall–Kier alpha value is -2.95. The van der Waals surface area contributed by atoms with Crippen LogP contribution in [0, 0.1) is 23.7 Å². The standard InChI is InChI=1S/C21H16O5/c22-12-3-5-14-16(8-12)25-17-9-13(23)4-6-15(17)21(14)19-11-2-1-10(7-11)18(19)20(24)26-21/h1-6,8-11,18-19,22-23H,7H2/t10-,11-,18-,19-/m0/s1. The van der Waals surface area contributed by atoms with Gasteiger partial charge in [-0.25, -0.2) is 0 Å². The molecule has 6 rings (SSSR count). The van der Waals surface area contributed by atoms with Gasteiger partial charge in [-0.2, -0.15) is 0 Å². The van der Waals surface area contributed by atoms with Crippen LogP contribution in [0.5, 0.6) is 23.0 Å². The van der Waals surface area contributed by atoms with Gasteiger partial charge < -0.3 is 19.7 Å². The summed E-state index contributed by atoms with van der Waals surface area (Å²) in [6.45, 7) is 0. The average molecular weight is 348 g/mol. The number of rotatable bonds is 0. The van der Waals surface area contributed by atoms with Crippen LogP contribution in [0.25, 0.3) is 0 Å². The molecule has 0 aromatic heterocycles. The maximum Gasteiger partial charge on any atom is 0.311 e. The molecule has 1 saturated carbocycles. The molecular formula is C21H16O5. The molecule has 5 heteroatoms. The molecule has 1 saturated heterocycles. The summed E-state index contributed by atoms with van der Waals surface area (Å²) in [4.78, 5) is 12.9. The van der Waals surface area contributed by atoms with E-state index in [9.17, 15) is 15.0 Å². The predicted molar refractivity (Wildman–Crippen MR) is 90.9 cm³/mol. The zero-order chi connectivity index (χ0) is 17.6. The third-order valence-corrected chi connectivity index (χ3v) is 6.41. The molecule has 0 radical (unpaired) electrons. The van der Waals surface area contributed by atoms with Crippen molar-refractivity contribution in [3.05, 3.63) is 59.7 Å². The summed E-state index contributed by atoms with van der Waals surface area (Å²) >= 11 is 0. The lowest BCUT2D eigenvalue weighted by molar-refractivity contribution is -0.150. The van der Waals surface area contributed by atoms with Gasteiger partial charge in [-0.05, 0) is 42.5 Å². The van der Waals surface area contributed by atoms with Crippen molar-refractivity contribution in [1.29, 1.82) is 0 Å². The van der Waals surface area contributed by atoms with E-state index in [-0.39, 0.29) is 41.1 Å². The molecule has 26 heavy (non-hydrogen) atoms. The summed E-state index contributed by atoms with van der Waals surface area (Å²) in [6.07, 6.45) is 5.31. The van der Waals surface area contributed by atoms with E-state index in [0.717, 1.165) is 17.5 Å². The first-order valence-corrected chi connectivity index (χ1v) is 8.84. The first kappa shape index (κ1) is 14.2. The number of hydrogen-bond donors (Lipinski definition) is 2. The van der Waals surface area contributed by atoms with Gasteiger partial charge in [0, 0.05) is 29.2 Å². The molecule has 5 nitrogen and oxygen atoms in total. The fourth-order valence-electron chi connectivity index (χ4n) is 5.53. The fraction of sp³-hybridized carbons (Fsp3) is 0.286. The Labute approximate surface area is 149 Å². The highest BCUT2D eigenvalue weighted by Crippen LogP contribution is 2.66. The van der Waals surface area contributed by atoms with Gasteiger partial charge in [0.1, 0.15) is 23.0 Å². The Bertz CT molecular complexity index is 956. The predicted octanol–water partition coefficient (Wildman–Crippen LogP) is 3.44. The smallest absolute Gasteiger partial charge is 0.311 e. The van der Waals surface area contributed by atoms with Crippen molar-refractivity contribution in [2.45, 2.75) is 12.0 Å². The number of phenolic OH excluding ortho intramolecular Hbond substituents is 2. The van der Waals surface area contributed by atoms with E-state index in [4.69, 9.17) is 9.47 Å². The lowest BCUT2D eigenvalue weighted by atomic mass is 9.67. The van der Waals surface area contributed by atoms with Crippen molar-refractivity contribution in [3.8, 4) is 23.0 Å². The van der Waals surface area contributed by atoms with Crippen molar-refractivity contribution in [1.82, 2.24) is 0 Å². The van der Waals surface area contributed by atoms with E-state index in [1.54, 1.807) is 24.3 Å². The number of carbonyl (C=O) groups is 1. The highest BCUT2D eigenvalue weighted by Gasteiger charge is 2.68. The minimum absolute atomic E-state index is 0.0134. The minimum Gasteiger partial charge on any atom is -0.508 e. The monoisotopic (exact) mass is 348 g/mol. The molecule has 2 aromatic rings. The Kier molecular flexibility index (Phi) is 2.42. The molecule has 4 atom stereocenters. The molecule has 2 heterocycles. The molecule has 4 aliphatic rings. The largest absolute Gasteiger partial charge is 0.508 e. The minimum atomic E-state index is -0.948. The van der Waals surface area contributed by atoms with Gasteiger partial charge in [-0.3, -0.25) is 4.79 Å². The van der Waals surface area contributed by atoms with Crippen molar-refractivity contribution in [2.24, 2.45) is 23.7 Å². The molecule has 2 fully saturated rings. The number of hydrogen-bond acceptors (Lipinski definition) is 5. The van der Waals surface area contributed by atoms with Gasteiger partial charge in [-0.15, -0.1) is 0 Å². The summed E-state index contributed by atoms with van der Waals surface area (Å²) < 4.78 is 12.1. The first-order valence-electron chi connectivity index (χ1n) is 8.84. The zero-order valence-corrected chi connectivity index (χ0v) is 13.8. The third-order valence-electron chi connectivity index (χ3n) is 6.41. The first-order chi connectivity index (χ1) is 12.6. The Morgan fingerprint density at radius 3 is 2.19 bits per heavy atom. The summed E-state index contributed by atoms with van der Waals surface area (Å²) in [5.74, 6) is 1.22. The Balaban J connectivity index is 1.68. The van der Waals surface area contributed by atoms with E-state index in [1.165, 1.54) is 12.1 Å². The highest BCUT2D eigenvalue weighted by molar-refractivity contribution is 5.81. The molecular weight excluding hydrogens is 332 g/mol. The van der Waals surface area contributed by atoms with Crippen LogP contribution >= 0.6 is 0 Å². The molecule has 1 spiro atoms. The molecule has 0 amide bonds. The average Bonchev–Trinajstić information content (AvgIpc) is 3.28. The second-order valence-electron chi connectivity index (χ2n) is 7.62. The molecule has 2 aliphatic carbocycles. The van der Waals surface area contributed by atoms with Crippen molar-refractivity contribution in [3.63, 3.8) is 0 Å². The molecule has 2 aliphatic heterocycles. The van der Waals surface area contributed by atoms with Gasteiger partial charge in [0.05, 0.1) is 5.92 Å².